The van der Waals surface area contributed by atoms with E-state index < -0.39 is 0 Å². The van der Waals surface area contributed by atoms with E-state index in [2.05, 4.69) is 153 Å². The highest BCUT2D eigenvalue weighted by Gasteiger charge is 2.25. The quantitative estimate of drug-likeness (QED) is 0.198. The molecule has 0 atom stereocenters. The fraction of sp³-hybridized carbons (Fsp3) is 0.0952. The van der Waals surface area contributed by atoms with Crippen LogP contribution in [-0.2, 0) is 12.8 Å². The summed E-state index contributed by atoms with van der Waals surface area (Å²) in [5, 5.41) is 5.11. The molecule has 5 aromatic carbocycles. The lowest BCUT2D eigenvalue weighted by Crippen LogP contribution is -2.08. The van der Waals surface area contributed by atoms with Gasteiger partial charge in [-0.05, 0) is 85.4 Å². The fourth-order valence-corrected chi connectivity index (χ4v) is 8.10. The van der Waals surface area contributed by atoms with Gasteiger partial charge in [0.25, 0.3) is 0 Å². The Hall–Kier alpha value is -5.54. The first-order chi connectivity index (χ1) is 22.3. The molecule has 3 heteroatoms. The van der Waals surface area contributed by atoms with Crippen molar-refractivity contribution in [2.75, 3.05) is 0 Å². The van der Waals surface area contributed by atoms with Crippen LogP contribution in [0.1, 0.15) is 35.4 Å². The fourth-order valence-electron chi connectivity index (χ4n) is 8.10. The smallest absolute Gasteiger partial charge is 0.0541 e. The van der Waals surface area contributed by atoms with Gasteiger partial charge in [-0.3, -0.25) is 0 Å². The zero-order chi connectivity index (χ0) is 29.5. The number of nitrogens with zero attached hydrogens (tertiary/aromatic N) is 3. The molecule has 3 heterocycles. The second-order valence-corrected chi connectivity index (χ2v) is 12.4. The van der Waals surface area contributed by atoms with Crippen molar-refractivity contribution in [2.24, 2.45) is 0 Å². The van der Waals surface area contributed by atoms with Crippen molar-refractivity contribution in [3.63, 3.8) is 0 Å². The van der Waals surface area contributed by atoms with Crippen molar-refractivity contribution >= 4 is 55.8 Å². The van der Waals surface area contributed by atoms with E-state index in [1.165, 1.54) is 83.2 Å². The maximum Gasteiger partial charge on any atom is 0.0541 e. The maximum absolute atomic E-state index is 2.57. The topological polar surface area (TPSA) is 14.8 Å². The van der Waals surface area contributed by atoms with Gasteiger partial charge in [0.05, 0.1) is 39.1 Å². The molecule has 0 radical (unpaired) electrons. The molecule has 0 N–H and O–H groups in total. The molecule has 3 nitrogen and oxygen atoms in total. The van der Waals surface area contributed by atoms with Gasteiger partial charge in [0.1, 0.15) is 0 Å². The van der Waals surface area contributed by atoms with Crippen LogP contribution in [0.5, 0.6) is 0 Å². The van der Waals surface area contributed by atoms with Crippen molar-refractivity contribution in [3.05, 3.63) is 150 Å². The van der Waals surface area contributed by atoms with Gasteiger partial charge in [0.15, 0.2) is 0 Å². The van der Waals surface area contributed by atoms with Crippen LogP contribution in [0.2, 0.25) is 0 Å². The predicted octanol–water partition coefficient (Wildman–Crippen LogP) is 10.6. The van der Waals surface area contributed by atoms with Crippen LogP contribution in [0.3, 0.4) is 0 Å². The molecule has 3 aromatic heterocycles. The van der Waals surface area contributed by atoms with Crippen LogP contribution in [0.15, 0.2) is 127 Å². The van der Waals surface area contributed by atoms with Gasteiger partial charge in [0.2, 0.25) is 0 Å². The molecule has 0 fully saturated rings. The lowest BCUT2D eigenvalue weighted by molar-refractivity contribution is 0.866. The van der Waals surface area contributed by atoms with E-state index in [-0.39, 0.29) is 0 Å². The lowest BCUT2D eigenvalue weighted by atomic mass is 9.96. The third kappa shape index (κ3) is 3.52. The Bertz CT molecular complexity index is 2310. The zero-order valence-electron chi connectivity index (χ0n) is 24.9. The summed E-state index contributed by atoms with van der Waals surface area (Å²) in [6.45, 7) is 0. The van der Waals surface area contributed by atoms with Crippen LogP contribution >= 0.6 is 0 Å². The third-order valence-electron chi connectivity index (χ3n) is 9.95. The molecule has 0 amide bonds. The Balaban J connectivity index is 1.35. The minimum absolute atomic E-state index is 1.05. The molecule has 0 bridgehead atoms. The second kappa shape index (κ2) is 9.48. The average molecular weight is 578 g/mol. The van der Waals surface area contributed by atoms with Crippen LogP contribution in [0, 0.1) is 0 Å². The van der Waals surface area contributed by atoms with Gasteiger partial charge >= 0.3 is 0 Å². The van der Waals surface area contributed by atoms with E-state index in [0.29, 0.717) is 0 Å². The lowest BCUT2D eigenvalue weighted by Gasteiger charge is -2.19. The molecular formula is C42H31N3. The van der Waals surface area contributed by atoms with E-state index in [1.807, 2.05) is 0 Å². The Labute approximate surface area is 261 Å². The predicted molar refractivity (Wildman–Crippen MR) is 189 cm³/mol. The zero-order valence-corrected chi connectivity index (χ0v) is 24.9. The van der Waals surface area contributed by atoms with Crippen LogP contribution in [-0.4, -0.2) is 13.7 Å². The summed E-state index contributed by atoms with van der Waals surface area (Å²) >= 11 is 0. The molecule has 45 heavy (non-hydrogen) atoms. The average Bonchev–Trinajstić information content (AvgIpc) is 3.74. The first kappa shape index (κ1) is 24.9. The van der Waals surface area contributed by atoms with E-state index in [9.17, 15) is 0 Å². The molecular weight excluding hydrogens is 546 g/mol. The highest BCUT2D eigenvalue weighted by Crippen LogP contribution is 2.40. The monoisotopic (exact) mass is 577 g/mol. The minimum atomic E-state index is 1.05. The van der Waals surface area contributed by atoms with Crippen LogP contribution < -0.4 is 0 Å². The number of rotatable bonds is 3. The largest absolute Gasteiger partial charge is 0.313 e. The highest BCUT2D eigenvalue weighted by atomic mass is 15.1. The summed E-state index contributed by atoms with van der Waals surface area (Å²) < 4.78 is 7.49. The summed E-state index contributed by atoms with van der Waals surface area (Å²) in [7, 11) is 0. The Morgan fingerprint density at radius 1 is 0.422 bits per heavy atom. The summed E-state index contributed by atoms with van der Waals surface area (Å²) in [4.78, 5) is 0. The summed E-state index contributed by atoms with van der Waals surface area (Å²) in [6, 6.07) is 42.5. The number of hydrogen-bond acceptors (Lipinski definition) is 0. The second-order valence-electron chi connectivity index (χ2n) is 12.4. The van der Waals surface area contributed by atoms with Crippen molar-refractivity contribution in [1.29, 1.82) is 0 Å². The molecule has 2 aliphatic carbocycles. The Morgan fingerprint density at radius 3 is 1.36 bits per heavy atom. The Morgan fingerprint density at radius 2 is 0.844 bits per heavy atom. The molecule has 0 saturated carbocycles. The number of aromatic nitrogens is 3. The SMILES string of the molecule is C1=Cc2c(c3c(n2-c2cc(-n4c5ccccc5c5ccccc54)cc(-n4c5ccccc5c5ccccc54)c2)CCC=C3)CC1. The van der Waals surface area contributed by atoms with E-state index in [1.54, 1.807) is 0 Å². The molecule has 2 aliphatic rings. The van der Waals surface area contributed by atoms with Gasteiger partial charge in [-0.1, -0.05) is 91.0 Å². The number of fused-ring (bicyclic) bond motifs is 9. The van der Waals surface area contributed by atoms with E-state index >= 15 is 0 Å². The first-order valence-corrected chi connectivity index (χ1v) is 16.1. The molecule has 0 aliphatic heterocycles. The number of allylic oxidation sites excluding steroid dienone is 2. The first-order valence-electron chi connectivity index (χ1n) is 16.1. The van der Waals surface area contributed by atoms with Gasteiger partial charge < -0.3 is 13.7 Å². The van der Waals surface area contributed by atoms with Gasteiger partial charge in [-0.25, -0.2) is 0 Å². The van der Waals surface area contributed by atoms with Crippen molar-refractivity contribution in [3.8, 4) is 17.1 Å². The number of para-hydroxylation sites is 4. The molecule has 10 rings (SSSR count). The summed E-state index contributed by atoms with van der Waals surface area (Å²) in [5.74, 6) is 0. The van der Waals surface area contributed by atoms with Crippen LogP contribution in [0.25, 0.3) is 72.8 Å². The number of hydrogen-bond donors (Lipinski definition) is 0. The summed E-state index contributed by atoms with van der Waals surface area (Å²) in [6.07, 6.45) is 13.8. The van der Waals surface area contributed by atoms with Crippen molar-refractivity contribution in [1.82, 2.24) is 13.7 Å². The van der Waals surface area contributed by atoms with Crippen molar-refractivity contribution in [2.45, 2.75) is 25.7 Å². The minimum Gasteiger partial charge on any atom is -0.313 e. The third-order valence-corrected chi connectivity index (χ3v) is 9.95. The van der Waals surface area contributed by atoms with E-state index in [0.717, 1.165) is 25.7 Å². The molecule has 8 aromatic rings. The van der Waals surface area contributed by atoms with Crippen molar-refractivity contribution < 1.29 is 0 Å². The van der Waals surface area contributed by atoms with E-state index in [4.69, 9.17) is 0 Å². The molecule has 0 spiro atoms. The maximum atomic E-state index is 2.57. The van der Waals surface area contributed by atoms with Gasteiger partial charge in [0, 0.05) is 32.9 Å². The normalized spacial score (nSPS) is 14.1. The highest BCUT2D eigenvalue weighted by molar-refractivity contribution is 6.10. The van der Waals surface area contributed by atoms with Gasteiger partial charge in [-0.2, -0.15) is 0 Å². The van der Waals surface area contributed by atoms with Crippen LogP contribution in [0.4, 0.5) is 0 Å². The molecule has 0 saturated heterocycles. The van der Waals surface area contributed by atoms with Gasteiger partial charge in [-0.15, -0.1) is 0 Å². The molecule has 214 valence electrons. The number of benzene rings is 5. The molecule has 0 unspecified atom stereocenters. The standard InChI is InChI=1S/C42H31N3/c1-7-19-37-31(13-1)32-14-2-8-20-38(32)43(37)28-25-29(44-39-21-9-3-15-33(39)34-16-4-10-22-40(34)44)27-30(26-28)45-41-23-11-5-17-35(41)36-18-6-12-24-42(36)45/h1-5,7-10,12-17,19-22,24-27H,6,11,18,23H2. The summed E-state index contributed by atoms with van der Waals surface area (Å²) in [5.41, 5.74) is 14.1. The Kier molecular flexibility index (Phi) is 5.23.